The van der Waals surface area contributed by atoms with Crippen LogP contribution in [-0.4, -0.2) is 28.2 Å². The van der Waals surface area contributed by atoms with Gasteiger partial charge in [-0.05, 0) is 43.5 Å². The number of aryl methyl sites for hydroxylation is 2. The van der Waals surface area contributed by atoms with E-state index in [0.29, 0.717) is 17.2 Å². The van der Waals surface area contributed by atoms with E-state index in [4.69, 9.17) is 4.98 Å². The second kappa shape index (κ2) is 8.51. The predicted octanol–water partition coefficient (Wildman–Crippen LogP) is 5.42. The molecule has 0 saturated carbocycles. The van der Waals surface area contributed by atoms with Crippen molar-refractivity contribution in [1.29, 1.82) is 0 Å². The number of anilines is 3. The van der Waals surface area contributed by atoms with E-state index in [0.717, 1.165) is 34.6 Å². The number of nitrogens with zero attached hydrogens (tertiary/aromatic N) is 3. The first-order valence-electron chi connectivity index (χ1n) is 10.4. The molecule has 2 aromatic carbocycles. The standard InChI is InChI=1S/C24H26N4O2S/c1-5-13-27-22(25-19-12-7-6-11-18(19)23(27)30)20-14-31-24(26-20)28(17(4)29)21-15(2)9-8-10-16(21)3/h6-12,14,22,25H,5,13H2,1-4H3/t22-/m0/s1. The van der Waals surface area contributed by atoms with Crippen molar-refractivity contribution in [2.75, 3.05) is 16.8 Å². The maximum Gasteiger partial charge on any atom is 0.257 e. The summed E-state index contributed by atoms with van der Waals surface area (Å²) in [5.74, 6) is -0.101. The molecule has 0 unspecified atom stereocenters. The van der Waals surface area contributed by atoms with Crippen LogP contribution in [0.2, 0.25) is 0 Å². The SMILES string of the molecule is CCCN1C(=O)c2ccccc2N[C@@H]1c1csc(N(C(C)=O)c2c(C)cccc2C)n1. The molecule has 0 radical (unpaired) electrons. The molecule has 1 aromatic heterocycles. The Hall–Kier alpha value is -3.19. The molecule has 4 rings (SSSR count). The van der Waals surface area contributed by atoms with Gasteiger partial charge in [-0.3, -0.25) is 14.5 Å². The monoisotopic (exact) mass is 434 g/mol. The third-order valence-corrected chi connectivity index (χ3v) is 6.29. The topological polar surface area (TPSA) is 65.5 Å². The molecular weight excluding hydrogens is 408 g/mol. The number of hydrogen-bond acceptors (Lipinski definition) is 5. The van der Waals surface area contributed by atoms with Gasteiger partial charge in [0.1, 0.15) is 6.17 Å². The van der Waals surface area contributed by atoms with Crippen molar-refractivity contribution in [3.63, 3.8) is 0 Å². The van der Waals surface area contributed by atoms with Gasteiger partial charge in [-0.2, -0.15) is 0 Å². The Morgan fingerprint density at radius 1 is 1.16 bits per heavy atom. The molecule has 0 fully saturated rings. The minimum Gasteiger partial charge on any atom is -0.359 e. The molecule has 6 nitrogen and oxygen atoms in total. The Kier molecular flexibility index (Phi) is 5.78. The summed E-state index contributed by atoms with van der Waals surface area (Å²) in [5, 5.41) is 6.00. The van der Waals surface area contributed by atoms with E-state index in [1.807, 2.05) is 66.6 Å². The minimum atomic E-state index is -0.376. The van der Waals surface area contributed by atoms with Crippen LogP contribution in [-0.2, 0) is 4.79 Å². The second-order valence-corrected chi connectivity index (χ2v) is 8.58. The number of thiazole rings is 1. The quantitative estimate of drug-likeness (QED) is 0.582. The van der Waals surface area contributed by atoms with Crippen molar-refractivity contribution >= 4 is 39.7 Å². The van der Waals surface area contributed by atoms with Crippen LogP contribution in [0.1, 0.15) is 53.6 Å². The molecule has 7 heteroatoms. The van der Waals surface area contributed by atoms with Crippen LogP contribution >= 0.6 is 11.3 Å². The van der Waals surface area contributed by atoms with Gasteiger partial charge in [-0.15, -0.1) is 11.3 Å². The fourth-order valence-electron chi connectivity index (χ4n) is 4.05. The van der Waals surface area contributed by atoms with Crippen molar-refractivity contribution < 1.29 is 9.59 Å². The number of amides is 2. The molecule has 1 aliphatic rings. The number of carbonyl (C=O) groups is 2. The Morgan fingerprint density at radius 3 is 2.55 bits per heavy atom. The van der Waals surface area contributed by atoms with Gasteiger partial charge in [-0.1, -0.05) is 37.3 Å². The summed E-state index contributed by atoms with van der Waals surface area (Å²) in [7, 11) is 0. The normalized spacial score (nSPS) is 15.4. The van der Waals surface area contributed by atoms with Crippen LogP contribution < -0.4 is 10.2 Å². The number of nitrogens with one attached hydrogen (secondary N) is 1. The van der Waals surface area contributed by atoms with Gasteiger partial charge in [0.05, 0.1) is 16.9 Å². The third kappa shape index (κ3) is 3.81. The first kappa shape index (κ1) is 21.1. The van der Waals surface area contributed by atoms with Gasteiger partial charge in [0.15, 0.2) is 5.13 Å². The lowest BCUT2D eigenvalue weighted by Crippen LogP contribution is -2.43. The molecule has 0 bridgehead atoms. The van der Waals surface area contributed by atoms with Gasteiger partial charge >= 0.3 is 0 Å². The lowest BCUT2D eigenvalue weighted by Gasteiger charge is -2.37. The smallest absolute Gasteiger partial charge is 0.257 e. The third-order valence-electron chi connectivity index (χ3n) is 5.45. The molecule has 1 N–H and O–H groups in total. The number of fused-ring (bicyclic) bond motifs is 1. The lowest BCUT2D eigenvalue weighted by molar-refractivity contribution is -0.115. The molecule has 0 saturated heterocycles. The number of aromatic nitrogens is 1. The summed E-state index contributed by atoms with van der Waals surface area (Å²) in [6.07, 6.45) is 0.463. The van der Waals surface area contributed by atoms with E-state index < -0.39 is 0 Å². The van der Waals surface area contributed by atoms with Crippen molar-refractivity contribution in [1.82, 2.24) is 9.88 Å². The highest BCUT2D eigenvalue weighted by atomic mass is 32.1. The minimum absolute atomic E-state index is 0.00563. The molecule has 31 heavy (non-hydrogen) atoms. The van der Waals surface area contributed by atoms with Crippen LogP contribution in [0.15, 0.2) is 47.8 Å². The van der Waals surface area contributed by atoms with Gasteiger partial charge in [-0.25, -0.2) is 4.98 Å². The molecule has 0 aliphatic carbocycles. The van der Waals surface area contributed by atoms with Gasteiger partial charge in [0.2, 0.25) is 5.91 Å². The van der Waals surface area contributed by atoms with Gasteiger partial charge in [0, 0.05) is 24.5 Å². The number of rotatable bonds is 5. The zero-order valence-electron chi connectivity index (χ0n) is 18.2. The number of benzene rings is 2. The molecule has 2 heterocycles. The summed E-state index contributed by atoms with van der Waals surface area (Å²) in [6, 6.07) is 13.5. The van der Waals surface area contributed by atoms with Crippen molar-refractivity contribution in [2.45, 2.75) is 40.3 Å². The van der Waals surface area contributed by atoms with Crippen LogP contribution in [0.3, 0.4) is 0 Å². The Bertz CT molecular complexity index is 1120. The molecule has 160 valence electrons. The predicted molar refractivity (Wildman–Crippen MR) is 125 cm³/mol. The Balaban J connectivity index is 1.75. The maximum absolute atomic E-state index is 13.1. The molecule has 1 atom stereocenters. The van der Waals surface area contributed by atoms with Crippen LogP contribution in [0.5, 0.6) is 0 Å². The zero-order valence-corrected chi connectivity index (χ0v) is 19.0. The van der Waals surface area contributed by atoms with E-state index in [2.05, 4.69) is 12.2 Å². The van der Waals surface area contributed by atoms with E-state index in [1.54, 1.807) is 11.8 Å². The maximum atomic E-state index is 13.1. The largest absolute Gasteiger partial charge is 0.359 e. The van der Waals surface area contributed by atoms with E-state index in [-0.39, 0.29) is 18.0 Å². The van der Waals surface area contributed by atoms with E-state index in [1.165, 1.54) is 11.3 Å². The van der Waals surface area contributed by atoms with Gasteiger partial charge < -0.3 is 10.2 Å². The highest BCUT2D eigenvalue weighted by Crippen LogP contribution is 2.38. The van der Waals surface area contributed by atoms with Crippen LogP contribution in [0.4, 0.5) is 16.5 Å². The van der Waals surface area contributed by atoms with Crippen molar-refractivity contribution in [2.24, 2.45) is 0 Å². The summed E-state index contributed by atoms with van der Waals surface area (Å²) < 4.78 is 0. The molecule has 2 amide bonds. The van der Waals surface area contributed by atoms with Crippen LogP contribution in [0.25, 0.3) is 0 Å². The van der Waals surface area contributed by atoms with E-state index >= 15 is 0 Å². The Morgan fingerprint density at radius 2 is 1.87 bits per heavy atom. The second-order valence-electron chi connectivity index (χ2n) is 7.74. The molecule has 3 aromatic rings. The first-order chi connectivity index (χ1) is 14.9. The fraction of sp³-hybridized carbons (Fsp3) is 0.292. The molecule has 1 aliphatic heterocycles. The highest BCUT2D eigenvalue weighted by molar-refractivity contribution is 7.14. The summed E-state index contributed by atoms with van der Waals surface area (Å²) in [6.45, 7) is 8.21. The number of para-hydroxylation sites is 2. The lowest BCUT2D eigenvalue weighted by atomic mass is 10.1. The highest BCUT2D eigenvalue weighted by Gasteiger charge is 2.34. The summed E-state index contributed by atoms with van der Waals surface area (Å²) in [4.78, 5) is 34.1. The number of hydrogen-bond donors (Lipinski definition) is 1. The first-order valence-corrected chi connectivity index (χ1v) is 11.3. The van der Waals surface area contributed by atoms with Crippen LogP contribution in [0, 0.1) is 13.8 Å². The van der Waals surface area contributed by atoms with Gasteiger partial charge in [0.25, 0.3) is 5.91 Å². The average Bonchev–Trinajstić information content (AvgIpc) is 3.22. The molecular formula is C24H26N4O2S. The van der Waals surface area contributed by atoms with Crippen molar-refractivity contribution in [3.05, 3.63) is 70.2 Å². The zero-order chi connectivity index (χ0) is 22.1. The molecule has 0 spiro atoms. The van der Waals surface area contributed by atoms with E-state index in [9.17, 15) is 9.59 Å². The average molecular weight is 435 g/mol. The van der Waals surface area contributed by atoms with Crippen molar-refractivity contribution in [3.8, 4) is 0 Å². The number of carbonyl (C=O) groups excluding carboxylic acids is 2. The summed E-state index contributed by atoms with van der Waals surface area (Å²) in [5.41, 5.74) is 5.09. The Labute approximate surface area is 186 Å². The summed E-state index contributed by atoms with van der Waals surface area (Å²) >= 11 is 1.41. The fourth-order valence-corrected chi connectivity index (χ4v) is 4.94.